The highest BCUT2D eigenvalue weighted by atomic mass is 16.5. The van der Waals surface area contributed by atoms with Crippen molar-refractivity contribution in [2.24, 2.45) is 0 Å². The number of aromatic amines is 1. The van der Waals surface area contributed by atoms with Crippen LogP contribution in [-0.2, 0) is 0 Å². The van der Waals surface area contributed by atoms with E-state index < -0.39 is 11.8 Å². The lowest BCUT2D eigenvalue weighted by Crippen LogP contribution is -2.41. The fraction of sp³-hybridized carbons (Fsp3) is 0.190. The van der Waals surface area contributed by atoms with E-state index in [2.05, 4.69) is 21.0 Å². The minimum atomic E-state index is -0.514. The summed E-state index contributed by atoms with van der Waals surface area (Å²) in [5.41, 5.74) is 6.79. The Morgan fingerprint density at radius 2 is 1.69 bits per heavy atom. The third-order valence-electron chi connectivity index (χ3n) is 3.97. The molecule has 1 aromatic heterocycles. The van der Waals surface area contributed by atoms with Gasteiger partial charge in [-0.25, -0.2) is 0 Å². The molecule has 0 unspecified atom stereocenters. The van der Waals surface area contributed by atoms with E-state index in [-0.39, 0.29) is 11.8 Å². The zero-order chi connectivity index (χ0) is 20.8. The first-order valence-corrected chi connectivity index (χ1v) is 9.04. The number of hydrazine groups is 1. The van der Waals surface area contributed by atoms with Crippen LogP contribution in [0.2, 0.25) is 0 Å². The number of carbonyl (C=O) groups excluding carboxylic acids is 2. The second-order valence-electron chi connectivity index (χ2n) is 6.47. The lowest BCUT2D eigenvalue weighted by Gasteiger charge is -2.14. The number of hydrogen-bond acceptors (Lipinski definition) is 5. The van der Waals surface area contributed by atoms with E-state index in [9.17, 15) is 9.59 Å². The minimum absolute atomic E-state index is 0.0296. The average Bonchev–Trinajstić information content (AvgIpc) is 3.22. The number of nitrogens with zero attached hydrogens (tertiary/aromatic N) is 1. The molecule has 29 heavy (non-hydrogen) atoms. The van der Waals surface area contributed by atoms with Gasteiger partial charge in [0, 0.05) is 11.1 Å². The van der Waals surface area contributed by atoms with Gasteiger partial charge in [0.2, 0.25) is 0 Å². The normalized spacial score (nSPS) is 10.5. The van der Waals surface area contributed by atoms with Crippen molar-refractivity contribution >= 4 is 11.8 Å². The molecule has 0 aliphatic heterocycles. The molecular weight excluding hydrogens is 372 g/mol. The minimum Gasteiger partial charge on any atom is -0.493 e. The molecule has 1 heterocycles. The molecule has 0 spiro atoms. The number of hydrogen-bond donors (Lipinski definition) is 3. The van der Waals surface area contributed by atoms with Gasteiger partial charge in [-0.2, -0.15) is 5.10 Å². The molecule has 8 heteroatoms. The van der Waals surface area contributed by atoms with E-state index in [1.54, 1.807) is 24.3 Å². The SMILES string of the molecule is COc1cc(C(=O)NNC(=O)c2cc(-c3ccccc3)n[nH]2)ccc1OC(C)C. The number of ether oxygens (including phenoxy) is 2. The van der Waals surface area contributed by atoms with Gasteiger partial charge in [-0.05, 0) is 38.1 Å². The van der Waals surface area contributed by atoms with E-state index in [1.165, 1.54) is 7.11 Å². The summed E-state index contributed by atoms with van der Waals surface area (Å²) in [6, 6.07) is 15.8. The molecule has 3 rings (SSSR count). The van der Waals surface area contributed by atoms with Crippen molar-refractivity contribution in [2.75, 3.05) is 7.11 Å². The Kier molecular flexibility index (Phi) is 6.13. The van der Waals surface area contributed by atoms with Crippen molar-refractivity contribution < 1.29 is 19.1 Å². The molecule has 0 aliphatic carbocycles. The maximum absolute atomic E-state index is 12.4. The van der Waals surface area contributed by atoms with Crippen molar-refractivity contribution in [3.63, 3.8) is 0 Å². The number of nitrogens with one attached hydrogen (secondary N) is 3. The molecule has 0 saturated heterocycles. The fourth-order valence-electron chi connectivity index (χ4n) is 2.61. The van der Waals surface area contributed by atoms with E-state index in [0.717, 1.165) is 5.56 Å². The molecule has 2 amide bonds. The van der Waals surface area contributed by atoms with Crippen molar-refractivity contribution in [3.8, 4) is 22.8 Å². The second kappa shape index (κ2) is 8.92. The molecule has 3 N–H and O–H groups in total. The number of amides is 2. The summed E-state index contributed by atoms with van der Waals surface area (Å²) < 4.78 is 10.9. The average molecular weight is 394 g/mol. The number of carbonyl (C=O) groups is 2. The maximum Gasteiger partial charge on any atom is 0.287 e. The monoisotopic (exact) mass is 394 g/mol. The Bertz CT molecular complexity index is 999. The van der Waals surface area contributed by atoms with Crippen LogP contribution in [0.15, 0.2) is 54.6 Å². The predicted molar refractivity (Wildman–Crippen MR) is 108 cm³/mol. The van der Waals surface area contributed by atoms with Crippen LogP contribution in [0.3, 0.4) is 0 Å². The van der Waals surface area contributed by atoms with Crippen molar-refractivity contribution in [1.82, 2.24) is 21.0 Å². The van der Waals surface area contributed by atoms with Crippen LogP contribution >= 0.6 is 0 Å². The summed E-state index contributed by atoms with van der Waals surface area (Å²) in [6.45, 7) is 3.79. The highest BCUT2D eigenvalue weighted by molar-refractivity contribution is 5.99. The lowest BCUT2D eigenvalue weighted by atomic mass is 10.1. The fourth-order valence-corrected chi connectivity index (χ4v) is 2.61. The highest BCUT2D eigenvalue weighted by Gasteiger charge is 2.15. The molecule has 8 nitrogen and oxygen atoms in total. The van der Waals surface area contributed by atoms with Gasteiger partial charge in [0.15, 0.2) is 11.5 Å². The van der Waals surface area contributed by atoms with Crippen LogP contribution in [-0.4, -0.2) is 35.2 Å². The van der Waals surface area contributed by atoms with Crippen LogP contribution in [0, 0.1) is 0 Å². The first kappa shape index (κ1) is 19.9. The number of H-pyrrole nitrogens is 1. The molecule has 0 fully saturated rings. The first-order valence-electron chi connectivity index (χ1n) is 9.04. The van der Waals surface area contributed by atoms with Gasteiger partial charge in [0.1, 0.15) is 5.69 Å². The number of methoxy groups -OCH3 is 1. The summed E-state index contributed by atoms with van der Waals surface area (Å²) in [5, 5.41) is 6.78. The summed E-state index contributed by atoms with van der Waals surface area (Å²) in [6.07, 6.45) is -0.0296. The first-order chi connectivity index (χ1) is 14.0. The molecular formula is C21H22N4O4. The Balaban J connectivity index is 1.63. The van der Waals surface area contributed by atoms with Crippen LogP contribution in [0.4, 0.5) is 0 Å². The van der Waals surface area contributed by atoms with E-state index in [1.807, 2.05) is 44.2 Å². The molecule has 3 aromatic rings. The van der Waals surface area contributed by atoms with Gasteiger partial charge in [-0.3, -0.25) is 25.5 Å². The Labute approximate surface area is 168 Å². The van der Waals surface area contributed by atoms with Gasteiger partial charge in [-0.15, -0.1) is 0 Å². The third kappa shape index (κ3) is 4.92. The van der Waals surface area contributed by atoms with Gasteiger partial charge in [0.25, 0.3) is 11.8 Å². The molecule has 2 aromatic carbocycles. The molecule has 0 aliphatic rings. The van der Waals surface area contributed by atoms with Crippen molar-refractivity contribution in [3.05, 3.63) is 65.9 Å². The zero-order valence-electron chi connectivity index (χ0n) is 16.4. The molecule has 0 bridgehead atoms. The number of rotatable bonds is 6. The second-order valence-corrected chi connectivity index (χ2v) is 6.47. The quantitative estimate of drug-likeness (QED) is 0.558. The highest BCUT2D eigenvalue weighted by Crippen LogP contribution is 2.28. The molecule has 0 radical (unpaired) electrons. The number of aromatic nitrogens is 2. The summed E-state index contributed by atoms with van der Waals surface area (Å²) in [5.74, 6) is -0.0389. The van der Waals surface area contributed by atoms with E-state index in [4.69, 9.17) is 9.47 Å². The Morgan fingerprint density at radius 1 is 0.966 bits per heavy atom. The lowest BCUT2D eigenvalue weighted by molar-refractivity contribution is 0.0843. The topological polar surface area (TPSA) is 105 Å². The van der Waals surface area contributed by atoms with Crippen LogP contribution in [0.25, 0.3) is 11.3 Å². The summed E-state index contributed by atoms with van der Waals surface area (Å²) in [4.78, 5) is 24.6. The van der Waals surface area contributed by atoms with Crippen molar-refractivity contribution in [2.45, 2.75) is 20.0 Å². The predicted octanol–water partition coefficient (Wildman–Crippen LogP) is 2.95. The number of benzene rings is 2. The van der Waals surface area contributed by atoms with Gasteiger partial charge in [0.05, 0.1) is 18.9 Å². The van der Waals surface area contributed by atoms with E-state index >= 15 is 0 Å². The summed E-state index contributed by atoms with van der Waals surface area (Å²) in [7, 11) is 1.49. The molecule has 0 saturated carbocycles. The smallest absolute Gasteiger partial charge is 0.287 e. The Morgan fingerprint density at radius 3 is 2.38 bits per heavy atom. The largest absolute Gasteiger partial charge is 0.493 e. The third-order valence-corrected chi connectivity index (χ3v) is 3.97. The van der Waals surface area contributed by atoms with Gasteiger partial charge < -0.3 is 9.47 Å². The van der Waals surface area contributed by atoms with Crippen LogP contribution < -0.4 is 20.3 Å². The summed E-state index contributed by atoms with van der Waals surface area (Å²) >= 11 is 0. The maximum atomic E-state index is 12.4. The van der Waals surface area contributed by atoms with Gasteiger partial charge in [-0.1, -0.05) is 30.3 Å². The van der Waals surface area contributed by atoms with Crippen LogP contribution in [0.5, 0.6) is 11.5 Å². The zero-order valence-corrected chi connectivity index (χ0v) is 16.4. The Hall–Kier alpha value is -3.81. The molecule has 0 atom stereocenters. The van der Waals surface area contributed by atoms with Crippen LogP contribution in [0.1, 0.15) is 34.7 Å². The standard InChI is InChI=1S/C21H22N4O4/c1-13(2)29-18-10-9-15(11-19(18)28-3)20(26)24-25-21(27)17-12-16(22-23-17)14-7-5-4-6-8-14/h4-13H,1-3H3,(H,22,23)(H,24,26)(H,25,27). The molecule has 150 valence electrons. The van der Waals surface area contributed by atoms with E-state index in [0.29, 0.717) is 22.8 Å². The van der Waals surface area contributed by atoms with Crippen molar-refractivity contribution in [1.29, 1.82) is 0 Å². The van der Waals surface area contributed by atoms with Gasteiger partial charge >= 0.3 is 0 Å².